The highest BCUT2D eigenvalue weighted by Crippen LogP contribution is 2.48. The van der Waals surface area contributed by atoms with E-state index in [2.05, 4.69) is 53.3 Å². The maximum atomic E-state index is 14.7. The number of fused-ring (bicyclic) bond motifs is 5. The average molecular weight is 755 g/mol. The van der Waals surface area contributed by atoms with Crippen molar-refractivity contribution in [3.8, 4) is 17.0 Å². The van der Waals surface area contributed by atoms with Gasteiger partial charge in [0.25, 0.3) is 11.8 Å². The number of aryl methyl sites for hydroxylation is 2. The Balaban J connectivity index is 1.46. The van der Waals surface area contributed by atoms with Crippen LogP contribution in [0.1, 0.15) is 116 Å². The van der Waals surface area contributed by atoms with Gasteiger partial charge in [-0.05, 0) is 120 Å². The number of aromatic nitrogens is 3. The molecule has 2 fully saturated rings. The maximum absolute atomic E-state index is 14.7. The predicted molar refractivity (Wildman–Crippen MR) is 214 cm³/mol. The summed E-state index contributed by atoms with van der Waals surface area (Å²) in [6.45, 7) is 13.6. The summed E-state index contributed by atoms with van der Waals surface area (Å²) >= 11 is 0. The number of allylic oxidation sites excluding steroid dienone is 1. The van der Waals surface area contributed by atoms with E-state index in [0.29, 0.717) is 37.8 Å². The zero-order valence-corrected chi connectivity index (χ0v) is 33.7. The third kappa shape index (κ3) is 6.65. The Labute approximate surface area is 319 Å². The van der Waals surface area contributed by atoms with Gasteiger partial charge in [0.05, 0.1) is 23.7 Å². The summed E-state index contributed by atoms with van der Waals surface area (Å²) in [6.07, 6.45) is 7.82. The van der Waals surface area contributed by atoms with E-state index in [0.717, 1.165) is 76.0 Å². The number of hydrogen-bond acceptors (Lipinski definition) is 7. The summed E-state index contributed by atoms with van der Waals surface area (Å²) < 4.78 is 37.7. The van der Waals surface area contributed by atoms with Crippen LogP contribution in [0.25, 0.3) is 33.8 Å². The number of carbonyl (C=O) groups excluding carboxylic acids is 2. The summed E-state index contributed by atoms with van der Waals surface area (Å²) in [5.74, 6) is 0.369. The minimum atomic E-state index is -3.84. The Morgan fingerprint density at radius 2 is 1.72 bits per heavy atom. The van der Waals surface area contributed by atoms with Gasteiger partial charge in [0.1, 0.15) is 11.4 Å². The summed E-state index contributed by atoms with van der Waals surface area (Å²) in [5, 5.41) is 5.25. The van der Waals surface area contributed by atoms with Crippen molar-refractivity contribution in [2.75, 3.05) is 27.2 Å². The van der Waals surface area contributed by atoms with Gasteiger partial charge in [0.2, 0.25) is 10.0 Å². The van der Waals surface area contributed by atoms with Gasteiger partial charge in [-0.2, -0.15) is 5.10 Å². The third-order valence-electron chi connectivity index (χ3n) is 12.0. The van der Waals surface area contributed by atoms with Gasteiger partial charge in [-0.15, -0.1) is 0 Å². The second-order valence-corrected chi connectivity index (χ2v) is 18.0. The van der Waals surface area contributed by atoms with Crippen LogP contribution < -0.4 is 9.46 Å². The molecule has 0 radical (unpaired) electrons. The van der Waals surface area contributed by atoms with Crippen LogP contribution in [0.4, 0.5) is 0 Å². The van der Waals surface area contributed by atoms with E-state index < -0.39 is 21.2 Å². The Morgan fingerprint density at radius 3 is 2.37 bits per heavy atom. The van der Waals surface area contributed by atoms with E-state index >= 15 is 0 Å². The van der Waals surface area contributed by atoms with Crippen molar-refractivity contribution < 1.29 is 22.7 Å². The minimum Gasteiger partial charge on any atom is -0.497 e. The van der Waals surface area contributed by atoms with Crippen LogP contribution >= 0.6 is 0 Å². The van der Waals surface area contributed by atoms with Crippen LogP contribution in [-0.2, 0) is 23.1 Å². The number of carbonyl (C=O) groups is 2. The average Bonchev–Trinajstić information content (AvgIpc) is 3.60. The molecule has 0 bridgehead atoms. The van der Waals surface area contributed by atoms with Gasteiger partial charge >= 0.3 is 0 Å². The number of methoxy groups -OCH3 is 1. The number of ether oxygens (including phenoxy) is 1. The van der Waals surface area contributed by atoms with E-state index in [4.69, 9.17) is 9.84 Å². The number of rotatable bonds is 8. The van der Waals surface area contributed by atoms with Gasteiger partial charge in [-0.25, -0.2) is 13.1 Å². The lowest BCUT2D eigenvalue weighted by Gasteiger charge is -2.42. The lowest BCUT2D eigenvalue weighted by atomic mass is 9.81. The largest absolute Gasteiger partial charge is 0.497 e. The molecule has 2 atom stereocenters. The van der Waals surface area contributed by atoms with Crippen LogP contribution in [-0.4, -0.2) is 89.0 Å². The topological polar surface area (TPSA) is 119 Å². The first-order valence-electron chi connectivity index (χ1n) is 19.4. The first kappa shape index (κ1) is 37.9. The summed E-state index contributed by atoms with van der Waals surface area (Å²) in [6, 6.07) is 12.2. The Morgan fingerprint density at radius 1 is 1.02 bits per heavy atom. The monoisotopic (exact) mass is 754 g/mol. The molecule has 4 aromatic rings. The lowest BCUT2D eigenvalue weighted by molar-refractivity contribution is 0.0404. The number of piperazine rings is 1. The quantitative estimate of drug-likeness (QED) is 0.204. The predicted octanol–water partition coefficient (Wildman–Crippen LogP) is 7.08. The molecule has 12 heteroatoms. The number of amides is 2. The van der Waals surface area contributed by atoms with E-state index in [9.17, 15) is 18.0 Å². The molecule has 288 valence electrons. The van der Waals surface area contributed by atoms with Crippen LogP contribution in [0.5, 0.6) is 5.75 Å². The fourth-order valence-corrected chi connectivity index (χ4v) is 9.38. The maximum Gasteiger partial charge on any atom is 0.272 e. The molecule has 2 aromatic carbocycles. The normalized spacial score (nSPS) is 19.7. The van der Waals surface area contributed by atoms with Gasteiger partial charge < -0.3 is 14.2 Å². The van der Waals surface area contributed by atoms with E-state index in [1.54, 1.807) is 27.0 Å². The molecular weight excluding hydrogens is 701 g/mol. The molecule has 1 saturated carbocycles. The first-order chi connectivity index (χ1) is 25.7. The summed E-state index contributed by atoms with van der Waals surface area (Å²) in [5.41, 5.74) is 8.61. The molecule has 2 amide bonds. The standard InChI is InChI=1S/C42H54N6O5S/c1-9-48-40(42(50)46-22-26(4)45(7)27(5)23-46)37(28(6)43-48)32-19-31-20-33(53-8)16-18-34(31)39-38(29-13-11-10-12-14-29)35-17-15-30(21-36(35)47(39)24-32)41(49)44-54(51,52)25(2)3/h15-21,25-27,29H,9-14,22-24H2,1-8H3,(H,44,49)/t26-,27+. The third-order valence-corrected chi connectivity index (χ3v) is 13.7. The van der Waals surface area contributed by atoms with Crippen LogP contribution in [0.15, 0.2) is 36.4 Å². The fourth-order valence-electron chi connectivity index (χ4n) is 8.77. The number of sulfonamides is 1. The molecule has 7 rings (SSSR count). The van der Waals surface area contributed by atoms with Gasteiger partial charge in [-0.3, -0.25) is 19.2 Å². The van der Waals surface area contributed by atoms with E-state index in [1.165, 1.54) is 12.0 Å². The van der Waals surface area contributed by atoms with Crippen molar-refractivity contribution in [2.45, 2.75) is 110 Å². The lowest BCUT2D eigenvalue weighted by Crippen LogP contribution is -2.56. The number of hydrogen-bond donors (Lipinski definition) is 1. The van der Waals surface area contributed by atoms with Crippen LogP contribution in [0, 0.1) is 6.92 Å². The van der Waals surface area contributed by atoms with Crippen molar-refractivity contribution in [2.24, 2.45) is 0 Å². The Hall–Kier alpha value is -4.42. The Kier molecular flexibility index (Phi) is 10.3. The molecule has 2 aromatic heterocycles. The zero-order valence-electron chi connectivity index (χ0n) is 32.9. The molecule has 4 heterocycles. The van der Waals surface area contributed by atoms with E-state index in [-0.39, 0.29) is 23.6 Å². The molecule has 1 aliphatic carbocycles. The summed E-state index contributed by atoms with van der Waals surface area (Å²) in [7, 11) is -0.0525. The zero-order chi connectivity index (χ0) is 38.6. The highest BCUT2D eigenvalue weighted by molar-refractivity contribution is 7.90. The van der Waals surface area contributed by atoms with Crippen LogP contribution in [0.3, 0.4) is 0 Å². The number of nitrogens with one attached hydrogen (secondary N) is 1. The van der Waals surface area contributed by atoms with Crippen molar-refractivity contribution in [1.82, 2.24) is 28.9 Å². The molecule has 3 aliphatic rings. The molecule has 11 nitrogen and oxygen atoms in total. The molecule has 1 saturated heterocycles. The number of nitrogens with zero attached hydrogens (tertiary/aromatic N) is 5. The second-order valence-electron chi connectivity index (χ2n) is 15.8. The number of benzene rings is 2. The van der Waals surface area contributed by atoms with Gasteiger partial charge in [-0.1, -0.05) is 25.3 Å². The van der Waals surface area contributed by atoms with Gasteiger partial charge in [0.15, 0.2) is 0 Å². The molecular formula is C42H54N6O5S. The molecule has 0 unspecified atom stereocenters. The van der Waals surface area contributed by atoms with Gasteiger partial charge in [0, 0.05) is 65.9 Å². The first-order valence-corrected chi connectivity index (χ1v) is 21.0. The van der Waals surface area contributed by atoms with Crippen molar-refractivity contribution in [3.05, 3.63) is 70.0 Å². The second kappa shape index (κ2) is 14.7. The molecule has 54 heavy (non-hydrogen) atoms. The SMILES string of the molecule is CCn1nc(C)c(C2=Cc3cc(OC)ccc3-c3c(C4CCCCC4)c4ccc(C(=O)NS(=O)(=O)C(C)C)cc4n3C2)c1C(=O)N1C[C@@H](C)N(C)[C@@H](C)C1. The molecule has 1 N–H and O–H groups in total. The molecule has 2 aliphatic heterocycles. The Bertz CT molecular complexity index is 2250. The summed E-state index contributed by atoms with van der Waals surface area (Å²) in [4.78, 5) is 32.6. The van der Waals surface area contributed by atoms with Crippen molar-refractivity contribution in [3.63, 3.8) is 0 Å². The van der Waals surface area contributed by atoms with Crippen molar-refractivity contribution in [1.29, 1.82) is 0 Å². The molecule has 0 spiro atoms. The minimum absolute atomic E-state index is 0.0268. The van der Waals surface area contributed by atoms with E-state index in [1.807, 2.05) is 41.6 Å². The van der Waals surface area contributed by atoms with Crippen LogP contribution in [0.2, 0.25) is 0 Å². The smallest absolute Gasteiger partial charge is 0.272 e. The highest BCUT2D eigenvalue weighted by Gasteiger charge is 2.36. The van der Waals surface area contributed by atoms with Crippen molar-refractivity contribution >= 4 is 44.4 Å². The number of likely N-dealkylation sites (N-methyl/N-ethyl adjacent to an activating group) is 1. The highest BCUT2D eigenvalue weighted by atomic mass is 32.2. The fraction of sp³-hybridized carbons (Fsp3) is 0.500.